The number of piperidine rings is 2. The highest BCUT2D eigenvalue weighted by Gasteiger charge is 2.29. The van der Waals surface area contributed by atoms with Crippen LogP contribution >= 0.6 is 0 Å². The van der Waals surface area contributed by atoms with E-state index in [0.29, 0.717) is 11.8 Å². The van der Waals surface area contributed by atoms with Crippen molar-refractivity contribution in [1.29, 1.82) is 0 Å². The van der Waals surface area contributed by atoms with Gasteiger partial charge >= 0.3 is 0 Å². The van der Waals surface area contributed by atoms with Gasteiger partial charge in [0.1, 0.15) is 0 Å². The third-order valence-corrected chi connectivity index (χ3v) is 5.14. The second-order valence-electron chi connectivity index (χ2n) is 7.12. The quantitative estimate of drug-likeness (QED) is 0.805. The molecule has 0 aliphatic carbocycles. The van der Waals surface area contributed by atoms with E-state index in [1.54, 1.807) is 0 Å². The second-order valence-corrected chi connectivity index (χ2v) is 7.12. The number of likely N-dealkylation sites (tertiary alicyclic amines) is 1. The monoisotopic (exact) mass is 281 g/mol. The van der Waals surface area contributed by atoms with E-state index in [1.807, 2.05) is 0 Å². The molecule has 0 spiro atoms. The van der Waals surface area contributed by atoms with Gasteiger partial charge in [-0.15, -0.1) is 0 Å². The number of hydrogen-bond donors (Lipinski definition) is 2. The molecule has 2 aliphatic heterocycles. The van der Waals surface area contributed by atoms with Gasteiger partial charge in [0.25, 0.3) is 0 Å². The Bertz CT molecular complexity index is 305. The molecular weight excluding hydrogens is 250 g/mol. The maximum atomic E-state index is 12.0. The minimum absolute atomic E-state index is 0.253. The Morgan fingerprint density at radius 1 is 1.30 bits per heavy atom. The van der Waals surface area contributed by atoms with Crippen LogP contribution in [0.1, 0.15) is 45.4 Å². The molecule has 2 rings (SSSR count). The minimum atomic E-state index is 0.253. The van der Waals surface area contributed by atoms with E-state index < -0.39 is 0 Å². The van der Waals surface area contributed by atoms with Crippen molar-refractivity contribution in [2.24, 2.45) is 11.3 Å². The van der Waals surface area contributed by atoms with Crippen LogP contribution in [0, 0.1) is 11.3 Å². The van der Waals surface area contributed by atoms with Crippen molar-refractivity contribution in [3.63, 3.8) is 0 Å². The highest BCUT2D eigenvalue weighted by molar-refractivity contribution is 5.75. The molecule has 0 aromatic carbocycles. The molecule has 4 heteroatoms. The van der Waals surface area contributed by atoms with Crippen LogP contribution in [0.15, 0.2) is 0 Å². The Morgan fingerprint density at radius 3 is 2.60 bits per heavy atom. The average molecular weight is 281 g/mol. The first-order valence-electron chi connectivity index (χ1n) is 8.23. The maximum absolute atomic E-state index is 12.0. The number of nitrogens with one attached hydrogen (secondary N) is 2. The van der Waals surface area contributed by atoms with Crippen LogP contribution in [0.3, 0.4) is 0 Å². The molecule has 0 aromatic heterocycles. The lowest BCUT2D eigenvalue weighted by atomic mass is 9.80. The van der Waals surface area contributed by atoms with Crippen LogP contribution in [0.25, 0.3) is 0 Å². The van der Waals surface area contributed by atoms with Gasteiger partial charge in [-0.3, -0.25) is 4.79 Å². The lowest BCUT2D eigenvalue weighted by Gasteiger charge is -2.38. The fraction of sp³-hybridized carbons (Fsp3) is 0.938. The van der Waals surface area contributed by atoms with Gasteiger partial charge in [-0.1, -0.05) is 6.92 Å². The number of amides is 1. The van der Waals surface area contributed by atoms with Gasteiger partial charge in [0.15, 0.2) is 0 Å². The van der Waals surface area contributed by atoms with Crippen LogP contribution in [0.4, 0.5) is 0 Å². The van der Waals surface area contributed by atoms with Gasteiger partial charge in [0.05, 0.1) is 0 Å². The smallest absolute Gasteiger partial charge is 0.220 e. The summed E-state index contributed by atoms with van der Waals surface area (Å²) in [6.07, 6.45) is 6.62. The molecule has 4 nitrogen and oxygen atoms in total. The first-order valence-corrected chi connectivity index (χ1v) is 8.23. The zero-order valence-corrected chi connectivity index (χ0v) is 13.2. The van der Waals surface area contributed by atoms with E-state index in [9.17, 15) is 4.79 Å². The molecule has 2 saturated heterocycles. The molecule has 0 radical (unpaired) electrons. The topological polar surface area (TPSA) is 44.4 Å². The molecule has 2 aliphatic rings. The van der Waals surface area contributed by atoms with Crippen LogP contribution < -0.4 is 10.6 Å². The molecule has 0 atom stereocenters. The van der Waals surface area contributed by atoms with E-state index in [0.717, 1.165) is 45.1 Å². The first-order chi connectivity index (χ1) is 9.57. The van der Waals surface area contributed by atoms with Crippen LogP contribution in [-0.4, -0.2) is 50.6 Å². The summed E-state index contributed by atoms with van der Waals surface area (Å²) in [4.78, 5) is 14.4. The highest BCUT2D eigenvalue weighted by atomic mass is 16.1. The molecule has 2 heterocycles. The summed E-state index contributed by atoms with van der Waals surface area (Å²) in [6, 6.07) is 0. The van der Waals surface area contributed by atoms with Crippen molar-refractivity contribution in [1.82, 2.24) is 15.5 Å². The number of hydrogen-bond acceptors (Lipinski definition) is 3. The Balaban J connectivity index is 1.62. The highest BCUT2D eigenvalue weighted by Crippen LogP contribution is 2.29. The largest absolute Gasteiger partial charge is 0.356 e. The van der Waals surface area contributed by atoms with Crippen LogP contribution in [0.5, 0.6) is 0 Å². The van der Waals surface area contributed by atoms with Crippen molar-refractivity contribution < 1.29 is 4.79 Å². The zero-order valence-electron chi connectivity index (χ0n) is 13.2. The summed E-state index contributed by atoms with van der Waals surface area (Å²) in [6.45, 7) is 7.72. The number of rotatable bonds is 5. The Kier molecular flexibility index (Phi) is 5.85. The van der Waals surface area contributed by atoms with Gasteiger partial charge in [-0.2, -0.15) is 0 Å². The molecule has 0 aromatic rings. The average Bonchev–Trinajstić information content (AvgIpc) is 2.48. The SMILES string of the molecule is CN1CCC(C)(CNC(=O)CCC2CCNCC2)CC1. The van der Waals surface area contributed by atoms with Gasteiger partial charge < -0.3 is 15.5 Å². The predicted octanol–water partition coefficient (Wildman–Crippen LogP) is 1.61. The number of carbonyl (C=O) groups is 1. The van der Waals surface area contributed by atoms with Crippen molar-refractivity contribution >= 4 is 5.91 Å². The van der Waals surface area contributed by atoms with E-state index in [-0.39, 0.29) is 5.91 Å². The summed E-state index contributed by atoms with van der Waals surface area (Å²) < 4.78 is 0. The van der Waals surface area contributed by atoms with Gasteiger partial charge in [0, 0.05) is 13.0 Å². The molecule has 2 fully saturated rings. The fourth-order valence-electron chi connectivity index (χ4n) is 3.24. The lowest BCUT2D eigenvalue weighted by Crippen LogP contribution is -2.43. The number of nitrogens with zero attached hydrogens (tertiary/aromatic N) is 1. The van der Waals surface area contributed by atoms with E-state index >= 15 is 0 Å². The van der Waals surface area contributed by atoms with E-state index in [1.165, 1.54) is 25.7 Å². The maximum Gasteiger partial charge on any atom is 0.220 e. The predicted molar refractivity (Wildman–Crippen MR) is 82.7 cm³/mol. The van der Waals surface area contributed by atoms with E-state index in [4.69, 9.17) is 0 Å². The van der Waals surface area contributed by atoms with Crippen molar-refractivity contribution in [2.45, 2.75) is 45.4 Å². The Hall–Kier alpha value is -0.610. The standard InChI is InChI=1S/C16H31N3O/c1-16(7-11-19(2)12-8-16)13-18-15(20)4-3-14-5-9-17-10-6-14/h14,17H,3-13H2,1-2H3,(H,18,20). The van der Waals surface area contributed by atoms with Gasteiger partial charge in [-0.05, 0) is 76.7 Å². The summed E-state index contributed by atoms with van der Waals surface area (Å²) >= 11 is 0. The summed E-state index contributed by atoms with van der Waals surface area (Å²) in [5.74, 6) is 1.00. The molecule has 116 valence electrons. The first kappa shape index (κ1) is 15.8. The summed E-state index contributed by atoms with van der Waals surface area (Å²) in [7, 11) is 2.18. The van der Waals surface area contributed by atoms with Gasteiger partial charge in [0.2, 0.25) is 5.91 Å². The van der Waals surface area contributed by atoms with Crippen LogP contribution in [0.2, 0.25) is 0 Å². The van der Waals surface area contributed by atoms with Crippen molar-refractivity contribution in [2.75, 3.05) is 39.8 Å². The minimum Gasteiger partial charge on any atom is -0.356 e. The van der Waals surface area contributed by atoms with Crippen LogP contribution in [-0.2, 0) is 4.79 Å². The fourth-order valence-corrected chi connectivity index (χ4v) is 3.24. The van der Waals surface area contributed by atoms with Crippen molar-refractivity contribution in [3.05, 3.63) is 0 Å². The molecule has 1 amide bonds. The molecular formula is C16H31N3O. The third kappa shape index (κ3) is 5.06. The molecule has 0 bridgehead atoms. The van der Waals surface area contributed by atoms with E-state index in [2.05, 4.69) is 29.5 Å². The molecule has 0 saturated carbocycles. The molecule has 0 unspecified atom stereocenters. The Labute approximate surface area is 123 Å². The van der Waals surface area contributed by atoms with Gasteiger partial charge in [-0.25, -0.2) is 0 Å². The zero-order chi connectivity index (χ0) is 14.4. The molecule has 20 heavy (non-hydrogen) atoms. The Morgan fingerprint density at radius 2 is 1.95 bits per heavy atom. The van der Waals surface area contributed by atoms with Crippen molar-refractivity contribution in [3.8, 4) is 0 Å². The molecule has 2 N–H and O–H groups in total. The third-order valence-electron chi connectivity index (χ3n) is 5.14. The number of carbonyl (C=O) groups excluding carboxylic acids is 1. The lowest BCUT2D eigenvalue weighted by molar-refractivity contribution is -0.122. The summed E-state index contributed by atoms with van der Waals surface area (Å²) in [5.41, 5.74) is 0.303. The summed E-state index contributed by atoms with van der Waals surface area (Å²) in [5, 5.41) is 6.55. The second kappa shape index (κ2) is 7.41. The normalized spacial score (nSPS) is 24.5.